The van der Waals surface area contributed by atoms with E-state index in [0.29, 0.717) is 23.5 Å². The molecule has 0 aliphatic rings. The fourth-order valence-electron chi connectivity index (χ4n) is 1.75. The zero-order chi connectivity index (χ0) is 14.7. The monoisotopic (exact) mass is 356 g/mol. The van der Waals surface area contributed by atoms with Crippen molar-refractivity contribution in [2.75, 3.05) is 6.61 Å². The summed E-state index contributed by atoms with van der Waals surface area (Å²) in [5.74, 6) is -0.333. The standard InChI is InChI=1S/C15H11BrClFO2/c1-2-20-14-6-4-10(16)8-11(14)15(19)9-3-5-13(18)12(17)7-9/h3-8H,2H2,1H3. The van der Waals surface area contributed by atoms with E-state index in [1.165, 1.54) is 18.2 Å². The third-order valence-electron chi connectivity index (χ3n) is 2.67. The third-order valence-corrected chi connectivity index (χ3v) is 3.45. The molecule has 0 atom stereocenters. The van der Waals surface area contributed by atoms with Crippen molar-refractivity contribution in [1.29, 1.82) is 0 Å². The minimum atomic E-state index is -0.553. The third kappa shape index (κ3) is 3.19. The molecule has 0 saturated carbocycles. The molecule has 2 nitrogen and oxygen atoms in total. The van der Waals surface area contributed by atoms with Crippen LogP contribution in [0.2, 0.25) is 5.02 Å². The van der Waals surface area contributed by atoms with E-state index >= 15 is 0 Å². The lowest BCUT2D eigenvalue weighted by molar-refractivity contribution is 0.103. The summed E-state index contributed by atoms with van der Waals surface area (Å²) in [7, 11) is 0. The Kier molecular flexibility index (Phi) is 4.78. The highest BCUT2D eigenvalue weighted by atomic mass is 79.9. The summed E-state index contributed by atoms with van der Waals surface area (Å²) in [4.78, 5) is 12.5. The summed E-state index contributed by atoms with van der Waals surface area (Å²) < 4.78 is 19.4. The molecule has 0 bridgehead atoms. The number of hydrogen-bond acceptors (Lipinski definition) is 2. The Morgan fingerprint density at radius 1 is 1.30 bits per heavy atom. The lowest BCUT2D eigenvalue weighted by Crippen LogP contribution is -2.06. The SMILES string of the molecule is CCOc1ccc(Br)cc1C(=O)c1ccc(F)c(Cl)c1. The van der Waals surface area contributed by atoms with Gasteiger partial charge in [0.1, 0.15) is 11.6 Å². The molecule has 0 amide bonds. The highest BCUT2D eigenvalue weighted by molar-refractivity contribution is 9.10. The molecule has 104 valence electrons. The Hall–Kier alpha value is -1.39. The fourth-order valence-corrected chi connectivity index (χ4v) is 2.30. The molecule has 2 aromatic rings. The minimum absolute atomic E-state index is 0.0798. The van der Waals surface area contributed by atoms with Crippen LogP contribution in [0.15, 0.2) is 40.9 Å². The lowest BCUT2D eigenvalue weighted by Gasteiger charge is -2.10. The highest BCUT2D eigenvalue weighted by Crippen LogP contribution is 2.27. The van der Waals surface area contributed by atoms with Crippen LogP contribution in [0.1, 0.15) is 22.8 Å². The Balaban J connectivity index is 2.46. The summed E-state index contributed by atoms with van der Waals surface area (Å²) in [5, 5.41) is -0.0798. The van der Waals surface area contributed by atoms with E-state index in [1.54, 1.807) is 18.2 Å². The molecule has 2 rings (SSSR count). The second-order valence-corrected chi connectivity index (χ2v) is 5.35. The molecule has 0 spiro atoms. The van der Waals surface area contributed by atoms with Crippen LogP contribution in [-0.4, -0.2) is 12.4 Å². The van der Waals surface area contributed by atoms with Crippen molar-refractivity contribution in [3.8, 4) is 5.75 Å². The predicted molar refractivity (Wildman–Crippen MR) is 80.2 cm³/mol. The van der Waals surface area contributed by atoms with Crippen LogP contribution < -0.4 is 4.74 Å². The predicted octanol–water partition coefficient (Wildman–Crippen LogP) is 4.87. The van der Waals surface area contributed by atoms with E-state index in [9.17, 15) is 9.18 Å². The number of carbonyl (C=O) groups is 1. The summed E-state index contributed by atoms with van der Waals surface area (Å²) in [5.41, 5.74) is 0.722. The van der Waals surface area contributed by atoms with Crippen LogP contribution >= 0.6 is 27.5 Å². The van der Waals surface area contributed by atoms with Crippen molar-refractivity contribution in [1.82, 2.24) is 0 Å². The number of rotatable bonds is 4. The van der Waals surface area contributed by atoms with E-state index in [1.807, 2.05) is 6.92 Å². The number of hydrogen-bond donors (Lipinski definition) is 0. The van der Waals surface area contributed by atoms with E-state index < -0.39 is 5.82 Å². The van der Waals surface area contributed by atoms with Gasteiger partial charge in [0.05, 0.1) is 17.2 Å². The Bertz CT molecular complexity index is 658. The highest BCUT2D eigenvalue weighted by Gasteiger charge is 2.16. The van der Waals surface area contributed by atoms with Crippen LogP contribution in [0.4, 0.5) is 4.39 Å². The number of carbonyl (C=O) groups excluding carboxylic acids is 1. The van der Waals surface area contributed by atoms with E-state index in [4.69, 9.17) is 16.3 Å². The Labute approximate surface area is 129 Å². The van der Waals surface area contributed by atoms with Crippen LogP contribution in [0, 0.1) is 5.82 Å². The van der Waals surface area contributed by atoms with Gasteiger partial charge in [0.15, 0.2) is 5.78 Å². The van der Waals surface area contributed by atoms with Gasteiger partial charge in [-0.15, -0.1) is 0 Å². The minimum Gasteiger partial charge on any atom is -0.493 e. The second kappa shape index (κ2) is 6.37. The van der Waals surface area contributed by atoms with Crippen molar-refractivity contribution >= 4 is 33.3 Å². The molecule has 20 heavy (non-hydrogen) atoms. The van der Waals surface area contributed by atoms with Crippen LogP contribution in [0.3, 0.4) is 0 Å². The normalized spacial score (nSPS) is 10.4. The molecule has 0 aromatic heterocycles. The van der Waals surface area contributed by atoms with Crippen molar-refractivity contribution in [3.05, 3.63) is 62.8 Å². The first-order valence-electron chi connectivity index (χ1n) is 5.95. The van der Waals surface area contributed by atoms with Crippen LogP contribution in [-0.2, 0) is 0 Å². The van der Waals surface area contributed by atoms with Gasteiger partial charge in [-0.25, -0.2) is 4.39 Å². The maximum Gasteiger partial charge on any atom is 0.196 e. The van der Waals surface area contributed by atoms with E-state index in [-0.39, 0.29) is 10.8 Å². The van der Waals surface area contributed by atoms with Gasteiger partial charge in [0, 0.05) is 10.0 Å². The van der Waals surface area contributed by atoms with Gasteiger partial charge in [-0.05, 0) is 43.3 Å². The summed E-state index contributed by atoms with van der Waals surface area (Å²) in [6, 6.07) is 9.07. The Morgan fingerprint density at radius 2 is 2.05 bits per heavy atom. The average Bonchev–Trinajstić information content (AvgIpc) is 2.43. The lowest BCUT2D eigenvalue weighted by atomic mass is 10.0. The first-order valence-corrected chi connectivity index (χ1v) is 7.12. The van der Waals surface area contributed by atoms with Crippen LogP contribution in [0.25, 0.3) is 0 Å². The van der Waals surface area contributed by atoms with Crippen molar-refractivity contribution in [3.63, 3.8) is 0 Å². The number of ether oxygens (including phenoxy) is 1. The van der Waals surface area contributed by atoms with Gasteiger partial charge in [0.2, 0.25) is 0 Å². The van der Waals surface area contributed by atoms with E-state index in [0.717, 1.165) is 4.47 Å². The average molecular weight is 358 g/mol. The molecule has 0 saturated heterocycles. The molecule has 0 aliphatic heterocycles. The topological polar surface area (TPSA) is 26.3 Å². The van der Waals surface area contributed by atoms with Gasteiger partial charge in [-0.1, -0.05) is 27.5 Å². The summed E-state index contributed by atoms with van der Waals surface area (Å²) in [6.45, 7) is 2.29. The fraction of sp³-hybridized carbons (Fsp3) is 0.133. The largest absolute Gasteiger partial charge is 0.493 e. The molecule has 5 heteroatoms. The quantitative estimate of drug-likeness (QED) is 0.730. The molecule has 0 heterocycles. The van der Waals surface area contributed by atoms with Gasteiger partial charge in [-0.3, -0.25) is 4.79 Å². The van der Waals surface area contributed by atoms with Gasteiger partial charge in [-0.2, -0.15) is 0 Å². The smallest absolute Gasteiger partial charge is 0.196 e. The summed E-state index contributed by atoms with van der Waals surface area (Å²) >= 11 is 9.03. The van der Waals surface area contributed by atoms with Crippen molar-refractivity contribution in [2.24, 2.45) is 0 Å². The molecule has 0 fully saturated rings. The molecule has 0 aliphatic carbocycles. The zero-order valence-corrected chi connectivity index (χ0v) is 13.0. The molecular formula is C15H11BrClFO2. The molecular weight excluding hydrogens is 347 g/mol. The molecule has 0 N–H and O–H groups in total. The maximum atomic E-state index is 13.2. The number of benzene rings is 2. The number of ketones is 1. The first kappa shape index (κ1) is 15.0. The second-order valence-electron chi connectivity index (χ2n) is 4.03. The van der Waals surface area contributed by atoms with Crippen LogP contribution in [0.5, 0.6) is 5.75 Å². The molecule has 0 unspecified atom stereocenters. The van der Waals surface area contributed by atoms with E-state index in [2.05, 4.69) is 15.9 Å². The van der Waals surface area contributed by atoms with Gasteiger partial charge < -0.3 is 4.74 Å². The summed E-state index contributed by atoms with van der Waals surface area (Å²) in [6.07, 6.45) is 0. The van der Waals surface area contributed by atoms with Gasteiger partial charge in [0.25, 0.3) is 0 Å². The molecule has 0 radical (unpaired) electrons. The number of halogens is 3. The molecule has 2 aromatic carbocycles. The van der Waals surface area contributed by atoms with Gasteiger partial charge >= 0.3 is 0 Å². The van der Waals surface area contributed by atoms with Crippen molar-refractivity contribution < 1.29 is 13.9 Å². The first-order chi connectivity index (χ1) is 9.52. The zero-order valence-electron chi connectivity index (χ0n) is 10.6. The van der Waals surface area contributed by atoms with Crippen molar-refractivity contribution in [2.45, 2.75) is 6.92 Å². The maximum absolute atomic E-state index is 13.2. The Morgan fingerprint density at radius 3 is 2.70 bits per heavy atom.